The van der Waals surface area contributed by atoms with E-state index in [0.29, 0.717) is 5.56 Å². The van der Waals surface area contributed by atoms with Gasteiger partial charge in [-0.1, -0.05) is 30.9 Å². The first-order valence-electron chi connectivity index (χ1n) is 5.61. The number of pyridine rings is 1. The van der Waals surface area contributed by atoms with E-state index in [2.05, 4.69) is 11.6 Å². The molecule has 1 aromatic heterocycles. The molecule has 1 heterocycles. The van der Waals surface area contributed by atoms with Gasteiger partial charge < -0.3 is 9.84 Å². The zero-order chi connectivity index (χ0) is 13.0. The number of hydrogen-bond acceptors (Lipinski definition) is 3. The van der Waals surface area contributed by atoms with Crippen LogP contribution in [0.1, 0.15) is 11.1 Å². The molecule has 1 atom stereocenters. The van der Waals surface area contributed by atoms with Gasteiger partial charge in [-0.3, -0.25) is 4.98 Å². The second kappa shape index (κ2) is 5.02. The van der Waals surface area contributed by atoms with Crippen LogP contribution in [-0.4, -0.2) is 17.2 Å². The van der Waals surface area contributed by atoms with Crippen molar-refractivity contribution in [2.75, 3.05) is 7.11 Å². The molecule has 2 aromatic rings. The number of hydrogen-bond donors (Lipinski definition) is 1. The SMILES string of the molecule is C=C[C@@](O)(c1ccc(OC)cc1)c1cccnc1. The molecule has 2 rings (SSSR count). The number of rotatable bonds is 4. The van der Waals surface area contributed by atoms with E-state index in [1.807, 2.05) is 18.2 Å². The molecule has 0 radical (unpaired) electrons. The first kappa shape index (κ1) is 12.3. The molecule has 0 saturated carbocycles. The van der Waals surface area contributed by atoms with Gasteiger partial charge in [-0.2, -0.15) is 0 Å². The summed E-state index contributed by atoms with van der Waals surface area (Å²) < 4.78 is 5.10. The molecule has 0 saturated heterocycles. The number of benzene rings is 1. The summed E-state index contributed by atoms with van der Waals surface area (Å²) in [5, 5.41) is 10.7. The fraction of sp³-hybridized carbons (Fsp3) is 0.133. The van der Waals surface area contributed by atoms with Gasteiger partial charge in [0.25, 0.3) is 0 Å². The minimum absolute atomic E-state index is 0.685. The molecule has 0 unspecified atom stereocenters. The minimum atomic E-state index is -1.24. The molecule has 18 heavy (non-hydrogen) atoms. The Morgan fingerprint density at radius 1 is 1.22 bits per heavy atom. The second-order valence-corrected chi connectivity index (χ2v) is 3.94. The Morgan fingerprint density at radius 2 is 1.94 bits per heavy atom. The fourth-order valence-electron chi connectivity index (χ4n) is 1.84. The third-order valence-corrected chi connectivity index (χ3v) is 2.93. The molecule has 3 heteroatoms. The fourth-order valence-corrected chi connectivity index (χ4v) is 1.84. The van der Waals surface area contributed by atoms with Gasteiger partial charge in [0, 0.05) is 18.0 Å². The predicted octanol–water partition coefficient (Wildman–Crippen LogP) is 2.51. The van der Waals surface area contributed by atoms with Crippen LogP contribution in [0.25, 0.3) is 0 Å². The Balaban J connectivity index is 2.46. The summed E-state index contributed by atoms with van der Waals surface area (Å²) in [7, 11) is 1.61. The van der Waals surface area contributed by atoms with Crippen molar-refractivity contribution in [1.82, 2.24) is 4.98 Å². The Morgan fingerprint density at radius 3 is 2.44 bits per heavy atom. The van der Waals surface area contributed by atoms with E-state index in [1.165, 1.54) is 6.08 Å². The molecule has 0 aliphatic carbocycles. The van der Waals surface area contributed by atoms with E-state index >= 15 is 0 Å². The largest absolute Gasteiger partial charge is 0.497 e. The normalized spacial score (nSPS) is 13.7. The molecule has 0 fully saturated rings. The number of methoxy groups -OCH3 is 1. The lowest BCUT2D eigenvalue weighted by molar-refractivity contribution is 0.134. The smallest absolute Gasteiger partial charge is 0.134 e. The van der Waals surface area contributed by atoms with Gasteiger partial charge in [0.2, 0.25) is 0 Å². The molecular weight excluding hydrogens is 226 g/mol. The maximum atomic E-state index is 10.7. The quantitative estimate of drug-likeness (QED) is 0.836. The predicted molar refractivity (Wildman–Crippen MR) is 70.4 cm³/mol. The molecule has 1 aromatic carbocycles. The molecule has 0 spiro atoms. The lowest BCUT2D eigenvalue weighted by atomic mass is 9.87. The van der Waals surface area contributed by atoms with Crippen LogP contribution in [0.4, 0.5) is 0 Å². The van der Waals surface area contributed by atoms with Crippen LogP contribution in [0.5, 0.6) is 5.75 Å². The maximum absolute atomic E-state index is 10.7. The van der Waals surface area contributed by atoms with Crippen molar-refractivity contribution in [3.05, 3.63) is 72.6 Å². The molecule has 0 bridgehead atoms. The van der Waals surface area contributed by atoms with E-state index in [-0.39, 0.29) is 0 Å². The van der Waals surface area contributed by atoms with Crippen molar-refractivity contribution in [1.29, 1.82) is 0 Å². The van der Waals surface area contributed by atoms with E-state index in [0.717, 1.165) is 11.3 Å². The van der Waals surface area contributed by atoms with Crippen LogP contribution >= 0.6 is 0 Å². The highest BCUT2D eigenvalue weighted by molar-refractivity contribution is 5.41. The third kappa shape index (κ3) is 2.13. The van der Waals surface area contributed by atoms with E-state index in [9.17, 15) is 5.11 Å². The van der Waals surface area contributed by atoms with Crippen LogP contribution in [0.15, 0.2) is 61.4 Å². The molecule has 3 nitrogen and oxygen atoms in total. The van der Waals surface area contributed by atoms with Crippen molar-refractivity contribution in [2.45, 2.75) is 5.60 Å². The lowest BCUT2D eigenvalue weighted by Crippen LogP contribution is -2.24. The summed E-state index contributed by atoms with van der Waals surface area (Å²) in [6.07, 6.45) is 4.80. The van der Waals surface area contributed by atoms with E-state index < -0.39 is 5.60 Å². The number of ether oxygens (including phenoxy) is 1. The zero-order valence-corrected chi connectivity index (χ0v) is 10.2. The zero-order valence-electron chi connectivity index (χ0n) is 10.2. The maximum Gasteiger partial charge on any atom is 0.134 e. The Bertz CT molecular complexity index is 522. The van der Waals surface area contributed by atoms with Crippen molar-refractivity contribution in [3.63, 3.8) is 0 Å². The molecule has 0 aliphatic rings. The van der Waals surface area contributed by atoms with Crippen molar-refractivity contribution < 1.29 is 9.84 Å². The summed E-state index contributed by atoms with van der Waals surface area (Å²) >= 11 is 0. The summed E-state index contributed by atoms with van der Waals surface area (Å²) in [5.41, 5.74) is 0.178. The number of aromatic nitrogens is 1. The van der Waals surface area contributed by atoms with Crippen LogP contribution < -0.4 is 4.74 Å². The van der Waals surface area contributed by atoms with Crippen molar-refractivity contribution in [3.8, 4) is 5.75 Å². The average Bonchev–Trinajstić information content (AvgIpc) is 2.47. The standard InChI is InChI=1S/C15H15NO2/c1-3-15(17,13-5-4-10-16-11-13)12-6-8-14(18-2)9-7-12/h3-11,17H,1H2,2H3/t15-/m1/s1. The summed E-state index contributed by atoms with van der Waals surface area (Å²) in [6, 6.07) is 10.8. The van der Waals surface area contributed by atoms with Crippen LogP contribution in [-0.2, 0) is 5.60 Å². The van der Waals surface area contributed by atoms with Crippen LogP contribution in [0.2, 0.25) is 0 Å². The van der Waals surface area contributed by atoms with Gasteiger partial charge >= 0.3 is 0 Å². The molecule has 0 amide bonds. The highest BCUT2D eigenvalue weighted by Crippen LogP contribution is 2.31. The number of aliphatic hydroxyl groups is 1. The van der Waals surface area contributed by atoms with Gasteiger partial charge in [-0.05, 0) is 23.8 Å². The molecular formula is C15H15NO2. The van der Waals surface area contributed by atoms with Gasteiger partial charge in [-0.25, -0.2) is 0 Å². The van der Waals surface area contributed by atoms with Crippen molar-refractivity contribution >= 4 is 0 Å². The van der Waals surface area contributed by atoms with Crippen LogP contribution in [0.3, 0.4) is 0 Å². The first-order chi connectivity index (χ1) is 8.70. The Hall–Kier alpha value is -2.13. The van der Waals surface area contributed by atoms with Crippen LogP contribution in [0, 0.1) is 0 Å². The summed E-state index contributed by atoms with van der Waals surface area (Å²) in [6.45, 7) is 3.72. The molecule has 92 valence electrons. The topological polar surface area (TPSA) is 42.4 Å². The summed E-state index contributed by atoms with van der Waals surface area (Å²) in [4.78, 5) is 4.03. The van der Waals surface area contributed by atoms with Gasteiger partial charge in [-0.15, -0.1) is 0 Å². The number of nitrogens with zero attached hydrogens (tertiary/aromatic N) is 1. The van der Waals surface area contributed by atoms with E-state index in [1.54, 1.807) is 37.7 Å². The highest BCUT2D eigenvalue weighted by Gasteiger charge is 2.27. The monoisotopic (exact) mass is 241 g/mol. The van der Waals surface area contributed by atoms with Crippen molar-refractivity contribution in [2.24, 2.45) is 0 Å². The van der Waals surface area contributed by atoms with Gasteiger partial charge in [0.15, 0.2) is 0 Å². The lowest BCUT2D eigenvalue weighted by Gasteiger charge is -2.25. The molecule has 1 N–H and O–H groups in total. The average molecular weight is 241 g/mol. The highest BCUT2D eigenvalue weighted by atomic mass is 16.5. The van der Waals surface area contributed by atoms with Gasteiger partial charge in [0.05, 0.1) is 7.11 Å². The Labute approximate surface area is 106 Å². The van der Waals surface area contributed by atoms with E-state index in [4.69, 9.17) is 4.74 Å². The third-order valence-electron chi connectivity index (χ3n) is 2.93. The summed E-state index contributed by atoms with van der Waals surface area (Å²) in [5.74, 6) is 0.747. The van der Waals surface area contributed by atoms with Gasteiger partial charge in [0.1, 0.15) is 11.4 Å². The second-order valence-electron chi connectivity index (χ2n) is 3.94. The Kier molecular flexibility index (Phi) is 3.44. The molecule has 0 aliphatic heterocycles. The first-order valence-corrected chi connectivity index (χ1v) is 5.61. The minimum Gasteiger partial charge on any atom is -0.497 e.